The summed E-state index contributed by atoms with van der Waals surface area (Å²) in [6, 6.07) is 14.5. The normalized spacial score (nSPS) is 10.3. The average Bonchev–Trinajstić information content (AvgIpc) is 2.74. The van der Waals surface area contributed by atoms with Crippen molar-refractivity contribution >= 4 is 23.2 Å². The van der Waals surface area contributed by atoms with E-state index in [0.29, 0.717) is 30.9 Å². The van der Waals surface area contributed by atoms with E-state index in [9.17, 15) is 9.59 Å². The van der Waals surface area contributed by atoms with Crippen molar-refractivity contribution in [1.29, 1.82) is 0 Å². The molecule has 156 valence electrons. The fourth-order valence-electron chi connectivity index (χ4n) is 2.78. The fraction of sp³-hybridized carbons (Fsp3) is 0.391. The van der Waals surface area contributed by atoms with Gasteiger partial charge in [0.2, 0.25) is 5.91 Å². The number of ether oxygens (including phenoxy) is 1. The van der Waals surface area contributed by atoms with Gasteiger partial charge in [0, 0.05) is 30.0 Å². The van der Waals surface area contributed by atoms with Gasteiger partial charge in [0.15, 0.2) is 0 Å². The van der Waals surface area contributed by atoms with Crippen LogP contribution in [0.5, 0.6) is 5.75 Å². The second-order valence-electron chi connectivity index (χ2n) is 6.68. The Balaban J connectivity index is 1.81. The number of rotatable bonds is 11. The summed E-state index contributed by atoms with van der Waals surface area (Å²) in [6.45, 7) is 8.24. The number of amides is 2. The zero-order chi connectivity index (χ0) is 21.1. The first-order chi connectivity index (χ1) is 14.1. The Morgan fingerprint density at radius 1 is 0.897 bits per heavy atom. The van der Waals surface area contributed by atoms with Crippen molar-refractivity contribution in [1.82, 2.24) is 4.90 Å². The van der Waals surface area contributed by atoms with Gasteiger partial charge in [0.25, 0.3) is 5.91 Å². The molecule has 0 unspecified atom stereocenters. The molecule has 0 fully saturated rings. The molecule has 0 atom stereocenters. The average molecular weight is 398 g/mol. The van der Waals surface area contributed by atoms with Gasteiger partial charge in [-0.2, -0.15) is 0 Å². The molecule has 2 amide bonds. The molecule has 0 heterocycles. The highest BCUT2D eigenvalue weighted by atomic mass is 16.5. The standard InChI is InChI=1S/C23H31N3O3/c1-4-7-16-29-21-14-12-19(13-15-21)24-17-22(27)25-20-10-8-18(9-11-20)23(28)26(5-2)6-3/h8-15,24H,4-7,16-17H2,1-3H3,(H,25,27). The molecular weight excluding hydrogens is 366 g/mol. The van der Waals surface area contributed by atoms with Gasteiger partial charge in [0.05, 0.1) is 13.2 Å². The molecule has 2 N–H and O–H groups in total. The van der Waals surface area contributed by atoms with Crippen LogP contribution in [0.15, 0.2) is 48.5 Å². The van der Waals surface area contributed by atoms with Crippen LogP contribution in [-0.2, 0) is 4.79 Å². The van der Waals surface area contributed by atoms with Gasteiger partial charge in [-0.25, -0.2) is 0 Å². The highest BCUT2D eigenvalue weighted by Gasteiger charge is 2.12. The van der Waals surface area contributed by atoms with Crippen molar-refractivity contribution in [3.8, 4) is 5.75 Å². The Hall–Kier alpha value is -3.02. The molecule has 0 radical (unpaired) electrons. The van der Waals surface area contributed by atoms with Gasteiger partial charge < -0.3 is 20.3 Å². The highest BCUT2D eigenvalue weighted by Crippen LogP contribution is 2.16. The molecule has 0 aliphatic heterocycles. The third-order valence-corrected chi connectivity index (χ3v) is 4.54. The van der Waals surface area contributed by atoms with E-state index in [-0.39, 0.29) is 18.4 Å². The summed E-state index contributed by atoms with van der Waals surface area (Å²) in [5.74, 6) is 0.667. The van der Waals surface area contributed by atoms with Crippen LogP contribution >= 0.6 is 0 Å². The topological polar surface area (TPSA) is 70.7 Å². The van der Waals surface area contributed by atoms with E-state index in [1.807, 2.05) is 38.1 Å². The summed E-state index contributed by atoms with van der Waals surface area (Å²) < 4.78 is 5.63. The highest BCUT2D eigenvalue weighted by molar-refractivity contribution is 5.96. The zero-order valence-corrected chi connectivity index (χ0v) is 17.5. The number of anilines is 2. The summed E-state index contributed by atoms with van der Waals surface area (Å²) in [4.78, 5) is 26.3. The Morgan fingerprint density at radius 3 is 2.10 bits per heavy atom. The van der Waals surface area contributed by atoms with E-state index in [2.05, 4.69) is 17.6 Å². The zero-order valence-electron chi connectivity index (χ0n) is 17.5. The number of hydrogen-bond donors (Lipinski definition) is 2. The van der Waals surface area contributed by atoms with Gasteiger partial charge in [-0.3, -0.25) is 9.59 Å². The molecule has 2 aromatic rings. The molecule has 2 aromatic carbocycles. The van der Waals surface area contributed by atoms with Gasteiger partial charge >= 0.3 is 0 Å². The summed E-state index contributed by atoms with van der Waals surface area (Å²) in [5, 5.41) is 5.92. The summed E-state index contributed by atoms with van der Waals surface area (Å²) >= 11 is 0. The monoisotopic (exact) mass is 397 g/mol. The quantitative estimate of drug-likeness (QED) is 0.552. The molecule has 0 bridgehead atoms. The lowest BCUT2D eigenvalue weighted by Gasteiger charge is -2.18. The van der Waals surface area contributed by atoms with Crippen LogP contribution in [0.4, 0.5) is 11.4 Å². The molecule has 6 nitrogen and oxygen atoms in total. The molecule has 0 saturated carbocycles. The van der Waals surface area contributed by atoms with Crippen molar-refractivity contribution in [3.63, 3.8) is 0 Å². The van der Waals surface area contributed by atoms with Crippen LogP contribution in [0, 0.1) is 0 Å². The first kappa shape index (κ1) is 22.3. The Kier molecular flexibility index (Phi) is 9.02. The third kappa shape index (κ3) is 7.14. The van der Waals surface area contributed by atoms with Crippen LogP contribution in [0.2, 0.25) is 0 Å². The first-order valence-corrected chi connectivity index (χ1v) is 10.2. The molecule has 0 spiro atoms. The molecular formula is C23H31N3O3. The summed E-state index contributed by atoms with van der Waals surface area (Å²) in [5.41, 5.74) is 2.13. The van der Waals surface area contributed by atoms with Gasteiger partial charge in [-0.05, 0) is 68.8 Å². The van der Waals surface area contributed by atoms with E-state index < -0.39 is 0 Å². The number of nitrogens with zero attached hydrogens (tertiary/aromatic N) is 1. The lowest BCUT2D eigenvalue weighted by atomic mass is 10.1. The predicted molar refractivity (Wildman–Crippen MR) is 118 cm³/mol. The van der Waals surface area contributed by atoms with E-state index in [0.717, 1.165) is 24.3 Å². The van der Waals surface area contributed by atoms with E-state index in [4.69, 9.17) is 4.74 Å². The van der Waals surface area contributed by atoms with E-state index in [1.165, 1.54) is 0 Å². The van der Waals surface area contributed by atoms with Crippen molar-refractivity contribution in [3.05, 3.63) is 54.1 Å². The predicted octanol–water partition coefficient (Wildman–Crippen LogP) is 4.40. The first-order valence-electron chi connectivity index (χ1n) is 10.2. The van der Waals surface area contributed by atoms with Crippen LogP contribution in [-0.4, -0.2) is 43.0 Å². The maximum Gasteiger partial charge on any atom is 0.253 e. The minimum Gasteiger partial charge on any atom is -0.494 e. The van der Waals surface area contributed by atoms with Gasteiger partial charge in [-0.15, -0.1) is 0 Å². The largest absolute Gasteiger partial charge is 0.494 e. The SMILES string of the molecule is CCCCOc1ccc(NCC(=O)Nc2ccc(C(=O)N(CC)CC)cc2)cc1. The van der Waals surface area contributed by atoms with Crippen LogP contribution in [0.25, 0.3) is 0 Å². The molecule has 6 heteroatoms. The second kappa shape index (κ2) is 11.7. The maximum absolute atomic E-state index is 12.3. The Morgan fingerprint density at radius 2 is 1.52 bits per heavy atom. The fourth-order valence-corrected chi connectivity index (χ4v) is 2.78. The van der Waals surface area contributed by atoms with Crippen molar-refractivity contribution < 1.29 is 14.3 Å². The number of nitrogens with one attached hydrogen (secondary N) is 2. The smallest absolute Gasteiger partial charge is 0.253 e. The van der Waals surface area contributed by atoms with Crippen molar-refractivity contribution in [2.75, 3.05) is 36.9 Å². The molecule has 2 rings (SSSR count). The lowest BCUT2D eigenvalue weighted by molar-refractivity contribution is -0.114. The molecule has 0 aliphatic carbocycles. The number of carbonyl (C=O) groups excluding carboxylic acids is 2. The lowest BCUT2D eigenvalue weighted by Crippen LogP contribution is -2.30. The number of hydrogen-bond acceptors (Lipinski definition) is 4. The van der Waals surface area contributed by atoms with Gasteiger partial charge in [-0.1, -0.05) is 13.3 Å². The van der Waals surface area contributed by atoms with Crippen LogP contribution in [0.3, 0.4) is 0 Å². The van der Waals surface area contributed by atoms with E-state index in [1.54, 1.807) is 29.2 Å². The van der Waals surface area contributed by atoms with Crippen molar-refractivity contribution in [2.24, 2.45) is 0 Å². The number of carbonyl (C=O) groups is 2. The maximum atomic E-state index is 12.3. The minimum atomic E-state index is -0.156. The van der Waals surface area contributed by atoms with Gasteiger partial charge in [0.1, 0.15) is 5.75 Å². The van der Waals surface area contributed by atoms with Crippen LogP contribution in [0.1, 0.15) is 44.0 Å². The second-order valence-corrected chi connectivity index (χ2v) is 6.68. The Bertz CT molecular complexity index is 769. The molecule has 0 saturated heterocycles. The van der Waals surface area contributed by atoms with E-state index >= 15 is 0 Å². The number of benzene rings is 2. The summed E-state index contributed by atoms with van der Waals surface area (Å²) in [6.07, 6.45) is 2.13. The minimum absolute atomic E-state index is 0.00309. The van der Waals surface area contributed by atoms with Crippen LogP contribution < -0.4 is 15.4 Å². The molecule has 29 heavy (non-hydrogen) atoms. The molecule has 0 aliphatic rings. The van der Waals surface area contributed by atoms with Crippen molar-refractivity contribution in [2.45, 2.75) is 33.6 Å². The molecule has 0 aromatic heterocycles. The number of unbranched alkanes of at least 4 members (excludes halogenated alkanes) is 1. The summed E-state index contributed by atoms with van der Waals surface area (Å²) in [7, 11) is 0. The Labute approximate surface area is 173 Å². The third-order valence-electron chi connectivity index (χ3n) is 4.54.